The highest BCUT2D eigenvalue weighted by Gasteiger charge is 2.22. The van der Waals surface area contributed by atoms with Crippen molar-refractivity contribution in [3.8, 4) is 5.75 Å². The molecule has 1 N–H and O–H groups in total. The monoisotopic (exact) mass is 271 g/mol. The summed E-state index contributed by atoms with van der Waals surface area (Å²) in [5.74, 6) is 0.597. The lowest BCUT2D eigenvalue weighted by Crippen LogP contribution is -2.36. The van der Waals surface area contributed by atoms with Crippen molar-refractivity contribution >= 4 is 10.0 Å². The molecule has 0 aliphatic heterocycles. The zero-order valence-electron chi connectivity index (χ0n) is 11.5. The maximum atomic E-state index is 12.3. The molecule has 1 aromatic rings. The number of rotatable bonds is 5. The van der Waals surface area contributed by atoms with Gasteiger partial charge in [-0.2, -0.15) is 0 Å². The van der Waals surface area contributed by atoms with E-state index in [4.69, 9.17) is 4.74 Å². The Labute approximate surface area is 109 Å². The largest absolute Gasteiger partial charge is 0.495 e. The van der Waals surface area contributed by atoms with E-state index < -0.39 is 10.0 Å². The van der Waals surface area contributed by atoms with E-state index in [1.165, 1.54) is 7.11 Å². The fourth-order valence-electron chi connectivity index (χ4n) is 1.44. The molecule has 0 aromatic heterocycles. The first-order valence-corrected chi connectivity index (χ1v) is 7.43. The summed E-state index contributed by atoms with van der Waals surface area (Å²) in [6, 6.07) is 4.99. The minimum atomic E-state index is -3.54. The van der Waals surface area contributed by atoms with Crippen LogP contribution in [0.15, 0.2) is 23.1 Å². The van der Waals surface area contributed by atoms with Gasteiger partial charge >= 0.3 is 0 Å². The van der Waals surface area contributed by atoms with Crippen LogP contribution in [-0.2, 0) is 10.0 Å². The van der Waals surface area contributed by atoms with Gasteiger partial charge in [-0.3, -0.25) is 0 Å². The first-order chi connectivity index (χ1) is 8.27. The molecular weight excluding hydrogens is 250 g/mol. The third kappa shape index (κ3) is 3.46. The van der Waals surface area contributed by atoms with Crippen molar-refractivity contribution < 1.29 is 13.2 Å². The molecule has 0 spiro atoms. The molecule has 0 unspecified atom stereocenters. The number of benzene rings is 1. The highest BCUT2D eigenvalue weighted by molar-refractivity contribution is 7.89. The Morgan fingerprint density at radius 2 is 1.83 bits per heavy atom. The molecule has 18 heavy (non-hydrogen) atoms. The van der Waals surface area contributed by atoms with Crippen molar-refractivity contribution in [2.45, 2.75) is 38.6 Å². The predicted molar refractivity (Wildman–Crippen MR) is 72.4 cm³/mol. The van der Waals surface area contributed by atoms with Gasteiger partial charge in [0, 0.05) is 6.04 Å². The van der Waals surface area contributed by atoms with Crippen molar-refractivity contribution in [1.82, 2.24) is 4.72 Å². The molecule has 0 aliphatic carbocycles. The summed E-state index contributed by atoms with van der Waals surface area (Å²) < 4.78 is 32.4. The highest BCUT2D eigenvalue weighted by Crippen LogP contribution is 2.25. The average molecular weight is 271 g/mol. The SMILES string of the molecule is COc1ccc(C)cc1S(=O)(=O)N[C@H](C)C(C)C. The van der Waals surface area contributed by atoms with E-state index in [0.717, 1.165) is 5.56 Å². The minimum Gasteiger partial charge on any atom is -0.495 e. The van der Waals surface area contributed by atoms with Crippen LogP contribution in [0.3, 0.4) is 0 Å². The number of aryl methyl sites for hydroxylation is 1. The van der Waals surface area contributed by atoms with Gasteiger partial charge < -0.3 is 4.74 Å². The van der Waals surface area contributed by atoms with Crippen LogP contribution in [0.25, 0.3) is 0 Å². The zero-order chi connectivity index (χ0) is 13.9. The summed E-state index contributed by atoms with van der Waals surface area (Å²) in [5, 5.41) is 0. The maximum Gasteiger partial charge on any atom is 0.244 e. The molecule has 1 aromatic carbocycles. The molecule has 0 radical (unpaired) electrons. The summed E-state index contributed by atoms with van der Waals surface area (Å²) in [6.45, 7) is 7.65. The van der Waals surface area contributed by atoms with Crippen LogP contribution in [0.5, 0.6) is 5.75 Å². The number of hydrogen-bond acceptors (Lipinski definition) is 3. The van der Waals surface area contributed by atoms with Crippen molar-refractivity contribution in [3.63, 3.8) is 0 Å². The first kappa shape index (κ1) is 15.0. The van der Waals surface area contributed by atoms with E-state index >= 15 is 0 Å². The van der Waals surface area contributed by atoms with E-state index in [1.54, 1.807) is 12.1 Å². The van der Waals surface area contributed by atoms with Gasteiger partial charge in [0.1, 0.15) is 10.6 Å². The second-order valence-electron chi connectivity index (χ2n) is 4.81. The normalized spacial score (nSPS) is 13.7. The van der Waals surface area contributed by atoms with Gasteiger partial charge in [0.25, 0.3) is 0 Å². The molecule has 0 aliphatic rings. The van der Waals surface area contributed by atoms with Gasteiger partial charge in [-0.1, -0.05) is 19.9 Å². The Morgan fingerprint density at radius 1 is 1.22 bits per heavy atom. The summed E-state index contributed by atoms with van der Waals surface area (Å²) in [5.41, 5.74) is 0.883. The van der Waals surface area contributed by atoms with Crippen LogP contribution in [0.1, 0.15) is 26.3 Å². The van der Waals surface area contributed by atoms with Gasteiger partial charge in [-0.25, -0.2) is 13.1 Å². The molecule has 1 atom stereocenters. The quantitative estimate of drug-likeness (QED) is 0.894. The number of hydrogen-bond donors (Lipinski definition) is 1. The second-order valence-corrected chi connectivity index (χ2v) is 6.49. The topological polar surface area (TPSA) is 55.4 Å². The lowest BCUT2D eigenvalue weighted by atomic mass is 10.1. The van der Waals surface area contributed by atoms with Crippen LogP contribution >= 0.6 is 0 Å². The maximum absolute atomic E-state index is 12.3. The molecule has 4 nitrogen and oxygen atoms in total. The molecular formula is C13H21NO3S. The highest BCUT2D eigenvalue weighted by atomic mass is 32.2. The third-order valence-electron chi connectivity index (χ3n) is 2.95. The van der Waals surface area contributed by atoms with Crippen LogP contribution in [0.4, 0.5) is 0 Å². The Bertz CT molecular complexity index is 509. The molecule has 5 heteroatoms. The smallest absolute Gasteiger partial charge is 0.244 e. The number of methoxy groups -OCH3 is 1. The first-order valence-electron chi connectivity index (χ1n) is 5.95. The van der Waals surface area contributed by atoms with Crippen LogP contribution in [0.2, 0.25) is 0 Å². The van der Waals surface area contributed by atoms with Crippen LogP contribution < -0.4 is 9.46 Å². The molecule has 0 bridgehead atoms. The van der Waals surface area contributed by atoms with Gasteiger partial charge in [-0.15, -0.1) is 0 Å². The van der Waals surface area contributed by atoms with Gasteiger partial charge in [0.15, 0.2) is 0 Å². The van der Waals surface area contributed by atoms with Crippen molar-refractivity contribution in [2.75, 3.05) is 7.11 Å². The standard InChI is InChI=1S/C13H21NO3S/c1-9(2)11(4)14-18(15,16)13-8-10(3)6-7-12(13)17-5/h6-9,11,14H,1-5H3/t11-/m1/s1. The summed E-state index contributed by atoms with van der Waals surface area (Å²) >= 11 is 0. The third-order valence-corrected chi connectivity index (χ3v) is 4.53. The van der Waals surface area contributed by atoms with E-state index in [9.17, 15) is 8.42 Å². The molecule has 0 fully saturated rings. The Kier molecular flexibility index (Phi) is 4.76. The van der Waals surface area contributed by atoms with Crippen LogP contribution in [0, 0.1) is 12.8 Å². The molecule has 0 amide bonds. The summed E-state index contributed by atoms with van der Waals surface area (Å²) in [4.78, 5) is 0.192. The Hall–Kier alpha value is -1.07. The van der Waals surface area contributed by atoms with E-state index in [2.05, 4.69) is 4.72 Å². The van der Waals surface area contributed by atoms with E-state index in [0.29, 0.717) is 5.75 Å². The van der Waals surface area contributed by atoms with Crippen molar-refractivity contribution in [1.29, 1.82) is 0 Å². The minimum absolute atomic E-state index is 0.125. The molecule has 0 saturated heterocycles. The van der Waals surface area contributed by atoms with Gasteiger partial charge in [-0.05, 0) is 37.5 Å². The van der Waals surface area contributed by atoms with E-state index in [1.807, 2.05) is 33.8 Å². The fourth-order valence-corrected chi connectivity index (χ4v) is 3.08. The fraction of sp³-hybridized carbons (Fsp3) is 0.538. The summed E-state index contributed by atoms with van der Waals surface area (Å²) in [7, 11) is -2.08. The molecule has 0 saturated carbocycles. The molecule has 1 rings (SSSR count). The zero-order valence-corrected chi connectivity index (χ0v) is 12.3. The van der Waals surface area contributed by atoms with Gasteiger partial charge in [0.2, 0.25) is 10.0 Å². The lowest BCUT2D eigenvalue weighted by Gasteiger charge is -2.18. The summed E-state index contributed by atoms with van der Waals surface area (Å²) in [6.07, 6.45) is 0. The van der Waals surface area contributed by atoms with E-state index in [-0.39, 0.29) is 16.9 Å². The Morgan fingerprint density at radius 3 is 2.33 bits per heavy atom. The average Bonchev–Trinajstić information content (AvgIpc) is 2.28. The van der Waals surface area contributed by atoms with Crippen molar-refractivity contribution in [2.24, 2.45) is 5.92 Å². The second kappa shape index (κ2) is 5.71. The van der Waals surface area contributed by atoms with Gasteiger partial charge in [0.05, 0.1) is 7.11 Å². The molecule has 102 valence electrons. The Balaban J connectivity index is 3.15. The lowest BCUT2D eigenvalue weighted by molar-refractivity contribution is 0.401. The predicted octanol–water partition coefficient (Wildman–Crippen LogP) is 2.33. The van der Waals surface area contributed by atoms with Crippen molar-refractivity contribution in [3.05, 3.63) is 23.8 Å². The number of nitrogens with one attached hydrogen (secondary N) is 1. The molecule has 0 heterocycles. The van der Waals surface area contributed by atoms with Crippen LogP contribution in [-0.4, -0.2) is 21.6 Å². The number of sulfonamides is 1. The number of ether oxygens (including phenoxy) is 1.